The van der Waals surface area contributed by atoms with Gasteiger partial charge in [-0.1, -0.05) is 147 Å². The van der Waals surface area contributed by atoms with Crippen LogP contribution in [0.5, 0.6) is 0 Å². The fourth-order valence-corrected chi connectivity index (χ4v) is 7.87. The number of hydrogen-bond donors (Lipinski definition) is 0. The van der Waals surface area contributed by atoms with E-state index in [0.29, 0.717) is 38.8 Å². The van der Waals surface area contributed by atoms with Crippen molar-refractivity contribution in [2.75, 3.05) is 0 Å². The molecule has 1 aliphatic rings. The Labute approximate surface area is 291 Å². The molecule has 1 nitrogen and oxygen atoms in total. The molecule has 9 aromatic rings. The Bertz CT molecular complexity index is 3120. The molecule has 0 spiro atoms. The van der Waals surface area contributed by atoms with Gasteiger partial charge in [0, 0.05) is 16.2 Å². The van der Waals surface area contributed by atoms with E-state index < -0.39 is 29.6 Å². The molecule has 1 heteroatoms. The zero-order valence-corrected chi connectivity index (χ0v) is 26.3. The molecule has 226 valence electrons. The van der Waals surface area contributed by atoms with Crippen molar-refractivity contribution in [3.8, 4) is 44.5 Å². The van der Waals surface area contributed by atoms with Gasteiger partial charge < -0.3 is 4.42 Å². The molecule has 0 unspecified atom stereocenters. The van der Waals surface area contributed by atoms with Crippen LogP contribution in [0.1, 0.15) is 35.9 Å². The molecule has 0 amide bonds. The van der Waals surface area contributed by atoms with Crippen LogP contribution in [0, 0.1) is 0 Å². The number of rotatable bonds is 3. The first-order valence-corrected chi connectivity index (χ1v) is 16.1. The van der Waals surface area contributed by atoms with E-state index in [1.165, 1.54) is 0 Å². The van der Waals surface area contributed by atoms with Gasteiger partial charge in [-0.15, -0.1) is 0 Å². The summed E-state index contributed by atoms with van der Waals surface area (Å²) in [5.41, 5.74) is 9.01. The SMILES string of the molecule is [2H]c1c([2H])c([2H])c2c(-c3cccc4oc5ccccc5c34)c3c([2H])c([2H])c([2H])c([2H])c3c(-c3ccc4c(c3)C(C)(C)c3cc(-c5ccccc5)ccc3-4)c2c1[2H]. The van der Waals surface area contributed by atoms with Crippen LogP contribution in [-0.4, -0.2) is 0 Å². The van der Waals surface area contributed by atoms with Crippen LogP contribution in [0.25, 0.3) is 88.0 Å². The summed E-state index contributed by atoms with van der Waals surface area (Å²) in [7, 11) is 0. The highest BCUT2D eigenvalue weighted by Crippen LogP contribution is 2.52. The van der Waals surface area contributed by atoms with Crippen LogP contribution in [0.3, 0.4) is 0 Å². The summed E-state index contributed by atoms with van der Waals surface area (Å²) in [6.07, 6.45) is 0. The van der Waals surface area contributed by atoms with Crippen molar-refractivity contribution < 1.29 is 15.4 Å². The second kappa shape index (κ2) is 10.0. The lowest BCUT2D eigenvalue weighted by Gasteiger charge is -2.23. The number of fused-ring (bicyclic) bond motifs is 8. The maximum absolute atomic E-state index is 9.48. The zero-order valence-electron chi connectivity index (χ0n) is 34.3. The Morgan fingerprint density at radius 2 is 1.02 bits per heavy atom. The Balaban J connectivity index is 1.36. The van der Waals surface area contributed by atoms with E-state index in [9.17, 15) is 5.48 Å². The predicted octanol–water partition coefficient (Wildman–Crippen LogP) is 13.2. The Morgan fingerprint density at radius 3 is 1.71 bits per heavy atom. The lowest BCUT2D eigenvalue weighted by Crippen LogP contribution is -2.15. The van der Waals surface area contributed by atoms with E-state index in [0.717, 1.165) is 38.8 Å². The van der Waals surface area contributed by atoms with Gasteiger partial charge >= 0.3 is 0 Å². The van der Waals surface area contributed by atoms with Crippen molar-refractivity contribution in [1.82, 2.24) is 0 Å². The van der Waals surface area contributed by atoms with Gasteiger partial charge in [0.25, 0.3) is 0 Å². The zero-order chi connectivity index (χ0) is 38.9. The van der Waals surface area contributed by atoms with Crippen molar-refractivity contribution in [3.05, 3.63) is 169 Å². The van der Waals surface area contributed by atoms with E-state index in [4.69, 9.17) is 9.90 Å². The highest BCUT2D eigenvalue weighted by molar-refractivity contribution is 6.25. The minimum atomic E-state index is -0.465. The molecule has 1 heterocycles. The predicted molar refractivity (Wildman–Crippen MR) is 203 cm³/mol. The monoisotopic (exact) mass is 620 g/mol. The highest BCUT2D eigenvalue weighted by atomic mass is 16.3. The maximum Gasteiger partial charge on any atom is 0.136 e. The Morgan fingerprint density at radius 1 is 0.458 bits per heavy atom. The average molecular weight is 621 g/mol. The molecule has 0 saturated carbocycles. The minimum Gasteiger partial charge on any atom is -0.456 e. The second-order valence-electron chi connectivity index (χ2n) is 13.0. The number of furan rings is 1. The van der Waals surface area contributed by atoms with Crippen molar-refractivity contribution in [2.24, 2.45) is 0 Å². The number of hydrogen-bond acceptors (Lipinski definition) is 1. The van der Waals surface area contributed by atoms with Crippen molar-refractivity contribution in [1.29, 1.82) is 0 Å². The van der Waals surface area contributed by atoms with Crippen LogP contribution < -0.4 is 0 Å². The standard InChI is InChI=1S/C47H32O/c1-47(2)40-27-30(29-13-4-3-5-14-29)23-25-32(40)33-26-24-31(28-41(33)47)44-34-15-6-8-17-36(34)45(37-18-9-7-16-35(37)44)39-20-12-22-43-46(39)38-19-10-11-21-42(38)48-43/h3-28H,1-2H3/i6D,7D,8D,9D,15D,16D,17D,18D. The summed E-state index contributed by atoms with van der Waals surface area (Å²) in [5.74, 6) is 0. The largest absolute Gasteiger partial charge is 0.456 e. The molecular weight excluding hydrogens is 581 g/mol. The lowest BCUT2D eigenvalue weighted by molar-refractivity contribution is 0.661. The third-order valence-corrected chi connectivity index (χ3v) is 10.1. The fourth-order valence-electron chi connectivity index (χ4n) is 7.87. The van der Waals surface area contributed by atoms with Crippen LogP contribution in [0.4, 0.5) is 0 Å². The number of para-hydroxylation sites is 1. The third kappa shape index (κ3) is 3.79. The normalized spacial score (nSPS) is 15.7. The van der Waals surface area contributed by atoms with E-state index in [1.807, 2.05) is 72.8 Å². The molecule has 0 N–H and O–H groups in total. The molecular formula is C47H32O. The lowest BCUT2D eigenvalue weighted by atomic mass is 9.80. The van der Waals surface area contributed by atoms with Crippen LogP contribution in [-0.2, 0) is 5.41 Å². The summed E-state index contributed by atoms with van der Waals surface area (Å²) >= 11 is 0. The van der Waals surface area contributed by atoms with Gasteiger partial charge in [-0.25, -0.2) is 0 Å². The number of benzene rings is 8. The van der Waals surface area contributed by atoms with Crippen LogP contribution >= 0.6 is 0 Å². The van der Waals surface area contributed by atoms with Crippen LogP contribution in [0.15, 0.2) is 162 Å². The Hall–Kier alpha value is -5.92. The topological polar surface area (TPSA) is 13.1 Å². The first kappa shape index (κ1) is 20.3. The summed E-state index contributed by atoms with van der Waals surface area (Å²) in [5, 5.41) is 2.20. The molecule has 0 aliphatic heterocycles. The van der Waals surface area contributed by atoms with Gasteiger partial charge in [-0.3, -0.25) is 0 Å². The molecule has 48 heavy (non-hydrogen) atoms. The van der Waals surface area contributed by atoms with Gasteiger partial charge in [0.05, 0.1) is 11.0 Å². The molecule has 1 aromatic heterocycles. The molecule has 0 atom stereocenters. The fraction of sp³-hybridized carbons (Fsp3) is 0.0638. The molecule has 1 aliphatic carbocycles. The van der Waals surface area contributed by atoms with E-state index in [1.54, 1.807) is 6.07 Å². The first-order valence-electron chi connectivity index (χ1n) is 20.1. The molecule has 10 rings (SSSR count). The quantitative estimate of drug-likeness (QED) is 0.179. The summed E-state index contributed by atoms with van der Waals surface area (Å²) in [4.78, 5) is 0. The van der Waals surface area contributed by atoms with E-state index >= 15 is 0 Å². The van der Waals surface area contributed by atoms with Gasteiger partial charge in [0.2, 0.25) is 0 Å². The summed E-state index contributed by atoms with van der Waals surface area (Å²) in [6, 6.07) is 32.8. The molecule has 0 saturated heterocycles. The first-order chi connectivity index (χ1) is 26.9. The van der Waals surface area contributed by atoms with Gasteiger partial charge in [-0.2, -0.15) is 0 Å². The van der Waals surface area contributed by atoms with E-state index in [2.05, 4.69) is 44.2 Å². The second-order valence-corrected chi connectivity index (χ2v) is 13.0. The Kier molecular flexibility index (Phi) is 4.25. The van der Waals surface area contributed by atoms with Crippen molar-refractivity contribution in [2.45, 2.75) is 19.3 Å². The van der Waals surface area contributed by atoms with Gasteiger partial charge in [-0.05, 0) is 101 Å². The van der Waals surface area contributed by atoms with Gasteiger partial charge in [0.15, 0.2) is 0 Å². The maximum atomic E-state index is 9.48. The van der Waals surface area contributed by atoms with Crippen molar-refractivity contribution >= 4 is 43.5 Å². The average Bonchev–Trinajstić information content (AvgIpc) is 3.71. The summed E-state index contributed by atoms with van der Waals surface area (Å²) < 4.78 is 79.7. The van der Waals surface area contributed by atoms with E-state index in [-0.39, 0.29) is 45.7 Å². The molecule has 0 radical (unpaired) electrons. The molecule has 0 fully saturated rings. The van der Waals surface area contributed by atoms with Crippen LogP contribution in [0.2, 0.25) is 0 Å². The summed E-state index contributed by atoms with van der Waals surface area (Å²) in [6.45, 7) is 4.34. The molecule has 0 bridgehead atoms. The van der Waals surface area contributed by atoms with Gasteiger partial charge in [0.1, 0.15) is 11.2 Å². The van der Waals surface area contributed by atoms with Crippen molar-refractivity contribution in [3.63, 3.8) is 0 Å². The minimum absolute atomic E-state index is 0.178. The highest BCUT2D eigenvalue weighted by Gasteiger charge is 2.36. The molecule has 8 aromatic carbocycles. The smallest absolute Gasteiger partial charge is 0.136 e. The third-order valence-electron chi connectivity index (χ3n) is 10.1.